The molecule has 5 N–H and O–H groups in total. The summed E-state index contributed by atoms with van der Waals surface area (Å²) in [5.74, 6) is 2.27. The number of nitrogens with one attached hydrogen (secondary N) is 3. The van der Waals surface area contributed by atoms with E-state index in [1.165, 1.54) is 19.5 Å². The molecule has 2 unspecified atom stereocenters. The minimum Gasteiger partial charge on any atom is -0.488 e. The molecule has 16 nitrogen and oxygen atoms in total. The van der Waals surface area contributed by atoms with Gasteiger partial charge < -0.3 is 44.0 Å². The van der Waals surface area contributed by atoms with Gasteiger partial charge in [0.05, 0.1) is 55.8 Å². The van der Waals surface area contributed by atoms with Gasteiger partial charge in [-0.3, -0.25) is 9.59 Å². The van der Waals surface area contributed by atoms with Gasteiger partial charge in [0.15, 0.2) is 6.04 Å². The molecule has 0 radical (unpaired) electrons. The largest absolute Gasteiger partial charge is 0.513 e. The first kappa shape index (κ1) is 42.2. The SMILES string of the molecule is COC[C@H]1C[C@@H](c2nc3c(ccc4cc5c(cc43)OCc3cc(-c4cnc([C@@H]6CC7CC7N6C(=O)[C@@H]([NH2+]C(=O)OC)C(C)C)[nH]4)ccc3-5)[nH]2)N(C(=O)[C@H](NC(=O)OC)c2ccccc2)C1. The third-order valence-electron chi connectivity index (χ3n) is 13.7. The number of quaternary nitrogens is 1. The standard InChI is InChI=1S/C49H52N8O8/c1-25(2)41(54-48(60)63-4)47(59)57-37-18-30(37)19-39(57)44-50-21-36(52-44)29-11-13-32-31(16-29)24-65-40-20-33-28(17-34(32)40)12-14-35-43(33)53-45(51-35)38-15-26(23-62-3)22-56(38)46(58)42(55-49(61)64-5)27-9-7-6-8-10-27/h6-14,16-17,20-21,25-26,30,37-39,41-42H,15,18-19,22-24H2,1-5H3,(H,50,52)(H,51,53)(H,54,60)(H,55,61)/p+1/t26-,30?,37?,38-,39-,41-,42+/m0/s1. The molecule has 3 fully saturated rings. The van der Waals surface area contributed by atoms with Gasteiger partial charge in [-0.05, 0) is 77.1 Å². The third kappa shape index (κ3) is 7.73. The van der Waals surface area contributed by atoms with E-state index in [2.05, 4.69) is 51.7 Å². The second-order valence-electron chi connectivity index (χ2n) is 18.1. The minimum absolute atomic E-state index is 0.0592. The van der Waals surface area contributed by atoms with Gasteiger partial charge in [0.2, 0.25) is 0 Å². The predicted octanol–water partition coefficient (Wildman–Crippen LogP) is 6.32. The van der Waals surface area contributed by atoms with Crippen molar-refractivity contribution in [3.63, 3.8) is 0 Å². The summed E-state index contributed by atoms with van der Waals surface area (Å²) in [5.41, 5.74) is 7.17. The summed E-state index contributed by atoms with van der Waals surface area (Å²) in [4.78, 5) is 73.8. The molecule has 1 aliphatic carbocycles. The van der Waals surface area contributed by atoms with Gasteiger partial charge in [-0.15, -0.1) is 0 Å². The van der Waals surface area contributed by atoms with Crippen molar-refractivity contribution < 1.29 is 43.4 Å². The zero-order valence-electron chi connectivity index (χ0n) is 37.0. The highest BCUT2D eigenvalue weighted by atomic mass is 16.5. The number of methoxy groups -OCH3 is 3. The molecule has 3 aliphatic heterocycles. The van der Waals surface area contributed by atoms with Gasteiger partial charge in [-0.1, -0.05) is 62.4 Å². The molecule has 2 saturated heterocycles. The van der Waals surface area contributed by atoms with Crippen molar-refractivity contribution in [3.8, 4) is 28.1 Å². The fourth-order valence-electron chi connectivity index (χ4n) is 10.3. The number of H-pyrrole nitrogens is 2. The van der Waals surface area contributed by atoms with Gasteiger partial charge in [0.25, 0.3) is 11.8 Å². The monoisotopic (exact) mass is 881 g/mol. The zero-order valence-corrected chi connectivity index (χ0v) is 37.0. The summed E-state index contributed by atoms with van der Waals surface area (Å²) < 4.78 is 21.8. The van der Waals surface area contributed by atoms with E-state index in [0.717, 1.165) is 74.2 Å². The highest BCUT2D eigenvalue weighted by molar-refractivity contribution is 6.07. The number of alkyl carbamates (subject to hydrolysis) is 1. The maximum atomic E-state index is 14.4. The third-order valence-corrected chi connectivity index (χ3v) is 13.7. The molecule has 0 spiro atoms. The number of carbonyl (C=O) groups is 4. The molecule has 7 atom stereocenters. The molecule has 4 aliphatic rings. The minimum atomic E-state index is -0.953. The highest BCUT2D eigenvalue weighted by Gasteiger charge is 2.57. The Morgan fingerprint density at radius 3 is 2.49 bits per heavy atom. The number of likely N-dealkylation sites (tertiary alicyclic amines) is 2. The van der Waals surface area contributed by atoms with E-state index in [1.807, 2.05) is 61.3 Å². The number of aromatic amines is 2. The van der Waals surface area contributed by atoms with Crippen molar-refractivity contribution in [2.45, 2.75) is 69.9 Å². The zero-order chi connectivity index (χ0) is 45.1. The van der Waals surface area contributed by atoms with E-state index in [-0.39, 0.29) is 35.7 Å². The van der Waals surface area contributed by atoms with Crippen molar-refractivity contribution in [2.75, 3.05) is 34.5 Å². The lowest BCUT2D eigenvalue weighted by Crippen LogP contribution is -2.96. The van der Waals surface area contributed by atoms with Crippen molar-refractivity contribution in [3.05, 3.63) is 102 Å². The van der Waals surface area contributed by atoms with E-state index >= 15 is 0 Å². The van der Waals surface area contributed by atoms with Gasteiger partial charge in [-0.25, -0.2) is 20.1 Å². The Morgan fingerprint density at radius 2 is 1.72 bits per heavy atom. The van der Waals surface area contributed by atoms with Crippen LogP contribution in [0.3, 0.4) is 0 Å². The number of aromatic nitrogens is 4. The summed E-state index contributed by atoms with van der Waals surface area (Å²) in [6.07, 6.45) is 3.07. The molecule has 336 valence electrons. The molecular weight excluding hydrogens is 829 g/mol. The first-order valence-electron chi connectivity index (χ1n) is 22.2. The Balaban J connectivity index is 0.914. The topological polar surface area (TPSA) is 198 Å². The number of fused-ring (bicyclic) bond motifs is 7. The number of hydrogen-bond donors (Lipinski definition) is 4. The van der Waals surface area contributed by atoms with Gasteiger partial charge in [-0.2, -0.15) is 4.79 Å². The van der Waals surface area contributed by atoms with Crippen LogP contribution in [-0.2, 0) is 30.4 Å². The molecule has 65 heavy (non-hydrogen) atoms. The Labute approximate surface area is 375 Å². The Morgan fingerprint density at radius 1 is 0.892 bits per heavy atom. The molecule has 10 rings (SSSR count). The number of amides is 4. The Kier molecular flexibility index (Phi) is 11.0. The molecule has 4 aromatic carbocycles. The lowest BCUT2D eigenvalue weighted by Gasteiger charge is -2.29. The van der Waals surface area contributed by atoms with Gasteiger partial charge in [0, 0.05) is 42.5 Å². The number of nitrogens with zero attached hydrogens (tertiary/aromatic N) is 4. The number of benzene rings is 4. The lowest BCUT2D eigenvalue weighted by atomic mass is 9.92. The summed E-state index contributed by atoms with van der Waals surface area (Å²) in [6.45, 7) is 5.17. The first-order chi connectivity index (χ1) is 31.5. The molecule has 16 heteroatoms. The summed E-state index contributed by atoms with van der Waals surface area (Å²) in [5, 5.41) is 6.07. The van der Waals surface area contributed by atoms with Crippen LogP contribution in [0.2, 0.25) is 0 Å². The fourth-order valence-corrected chi connectivity index (χ4v) is 10.3. The molecule has 1 saturated carbocycles. The number of rotatable bonds is 11. The summed E-state index contributed by atoms with van der Waals surface area (Å²) in [7, 11) is 4.27. The van der Waals surface area contributed by atoms with E-state index in [4.69, 9.17) is 28.9 Å². The van der Waals surface area contributed by atoms with Crippen LogP contribution in [0.1, 0.15) is 74.0 Å². The quantitative estimate of drug-likeness (QED) is 0.114. The lowest BCUT2D eigenvalue weighted by molar-refractivity contribution is -0.601. The van der Waals surface area contributed by atoms with Crippen LogP contribution >= 0.6 is 0 Å². The Hall–Kier alpha value is -6.78. The fraction of sp³-hybridized carbons (Fsp3) is 0.388. The van der Waals surface area contributed by atoms with Crippen molar-refractivity contribution in [1.82, 2.24) is 35.1 Å². The second-order valence-corrected chi connectivity index (χ2v) is 18.1. The van der Waals surface area contributed by atoms with Crippen LogP contribution < -0.4 is 15.4 Å². The number of hydrogen-bond acceptors (Lipinski definition) is 10. The van der Waals surface area contributed by atoms with Gasteiger partial charge in [0.1, 0.15) is 30.0 Å². The van der Waals surface area contributed by atoms with Crippen molar-refractivity contribution in [1.29, 1.82) is 0 Å². The molecule has 4 amide bonds. The van der Waals surface area contributed by atoms with Crippen LogP contribution in [0, 0.1) is 17.8 Å². The maximum absolute atomic E-state index is 14.4. The smallest absolute Gasteiger partial charge is 0.488 e. The number of imidazole rings is 2. The molecular formula is C49H53N8O8+. The van der Waals surface area contributed by atoms with Crippen molar-refractivity contribution >= 4 is 45.8 Å². The molecule has 6 aromatic rings. The number of carbonyl (C=O) groups excluding carboxylic acids is 4. The number of piperidine rings is 1. The number of nitrogens with two attached hydrogens (primary N) is 1. The summed E-state index contributed by atoms with van der Waals surface area (Å²) >= 11 is 0. The molecule has 0 bridgehead atoms. The van der Waals surface area contributed by atoms with Crippen LogP contribution in [0.4, 0.5) is 9.59 Å². The predicted molar refractivity (Wildman–Crippen MR) is 239 cm³/mol. The molecule has 2 aromatic heterocycles. The number of primary amides is 1. The van der Waals surface area contributed by atoms with E-state index < -0.39 is 30.3 Å². The average molecular weight is 882 g/mol. The number of ether oxygens (including phenoxy) is 4. The van der Waals surface area contributed by atoms with E-state index in [1.54, 1.807) is 12.0 Å². The first-order valence-corrected chi connectivity index (χ1v) is 22.2. The van der Waals surface area contributed by atoms with Crippen molar-refractivity contribution in [2.24, 2.45) is 17.8 Å². The normalized spacial score (nSPS) is 21.7. The van der Waals surface area contributed by atoms with Crippen LogP contribution in [-0.4, -0.2) is 100 Å². The average Bonchev–Trinajstić information content (AvgIpc) is 3.79. The van der Waals surface area contributed by atoms with Crippen LogP contribution in [0.15, 0.2) is 79.0 Å². The van der Waals surface area contributed by atoms with E-state index in [0.29, 0.717) is 43.5 Å². The Bertz CT molecular complexity index is 2820. The second kappa shape index (κ2) is 17.0. The highest BCUT2D eigenvalue weighted by Crippen LogP contribution is 2.53. The van der Waals surface area contributed by atoms with E-state index in [9.17, 15) is 19.2 Å². The van der Waals surface area contributed by atoms with Gasteiger partial charge >= 0.3 is 12.2 Å². The maximum Gasteiger partial charge on any atom is 0.513 e. The molecule has 5 heterocycles. The van der Waals surface area contributed by atoms with Crippen LogP contribution in [0.25, 0.3) is 44.2 Å². The summed E-state index contributed by atoms with van der Waals surface area (Å²) in [6, 6.07) is 21.8. The van der Waals surface area contributed by atoms with Crippen LogP contribution in [0.5, 0.6) is 5.75 Å².